The highest BCUT2D eigenvalue weighted by atomic mass is 19.2. The van der Waals surface area contributed by atoms with Gasteiger partial charge in [-0.15, -0.1) is 0 Å². The van der Waals surface area contributed by atoms with Crippen molar-refractivity contribution in [2.24, 2.45) is 0 Å². The average Bonchev–Trinajstić information content (AvgIpc) is 3.14. The van der Waals surface area contributed by atoms with E-state index < -0.39 is 23.8 Å². The first-order valence-corrected chi connectivity index (χ1v) is 8.55. The highest BCUT2D eigenvalue weighted by Crippen LogP contribution is 2.23. The molecule has 0 aliphatic carbocycles. The van der Waals surface area contributed by atoms with Crippen LogP contribution in [0.4, 0.5) is 13.6 Å². The summed E-state index contributed by atoms with van der Waals surface area (Å²) >= 11 is 0. The number of unbranched alkanes of at least 4 members (excludes halogenated alkanes) is 1. The quantitative estimate of drug-likeness (QED) is 0.383. The molecule has 0 unspecified atom stereocenters. The molecule has 1 heterocycles. The molecule has 8 nitrogen and oxygen atoms in total. The predicted molar refractivity (Wildman–Crippen MR) is 97.9 cm³/mol. The smallest absolute Gasteiger partial charge is 0.463 e. The average molecular weight is 412 g/mol. The predicted octanol–water partition coefficient (Wildman–Crippen LogP) is 3.91. The van der Waals surface area contributed by atoms with Crippen LogP contribution < -0.4 is 0 Å². The fraction of sp³-hybridized carbons (Fsp3) is 0.368. The Morgan fingerprint density at radius 1 is 1.14 bits per heavy atom. The maximum atomic E-state index is 13.5. The van der Waals surface area contributed by atoms with Gasteiger partial charge in [-0.1, -0.05) is 17.8 Å². The van der Waals surface area contributed by atoms with Crippen LogP contribution in [0.5, 0.6) is 0 Å². The number of aryl methyl sites for hydroxylation is 2. The van der Waals surface area contributed by atoms with Crippen molar-refractivity contribution >= 4 is 12.1 Å². The second-order valence-corrected chi connectivity index (χ2v) is 5.58. The summed E-state index contributed by atoms with van der Waals surface area (Å²) in [5.74, 6) is -1.90. The summed E-state index contributed by atoms with van der Waals surface area (Å²) < 4.78 is 44.9. The maximum Gasteiger partial charge on any atom is 0.507 e. The molecule has 0 fully saturated rings. The van der Waals surface area contributed by atoms with Gasteiger partial charge in [-0.3, -0.25) is 0 Å². The Kier molecular flexibility index (Phi) is 10.00. The van der Waals surface area contributed by atoms with Gasteiger partial charge in [0.25, 0.3) is 0 Å². The van der Waals surface area contributed by atoms with Crippen LogP contribution in [0.2, 0.25) is 0 Å². The lowest BCUT2D eigenvalue weighted by molar-refractivity contribution is -0.137. The Balaban J connectivity index is 0.000000291. The lowest BCUT2D eigenvalue weighted by Crippen LogP contribution is -2.07. The molecule has 0 saturated heterocycles. The van der Waals surface area contributed by atoms with Crippen LogP contribution in [0, 0.1) is 25.5 Å². The third-order valence-corrected chi connectivity index (χ3v) is 3.38. The molecular weight excluding hydrogens is 390 g/mol. The lowest BCUT2D eigenvalue weighted by Gasteiger charge is -2.03. The van der Waals surface area contributed by atoms with E-state index in [0.29, 0.717) is 25.3 Å². The van der Waals surface area contributed by atoms with E-state index in [-0.39, 0.29) is 23.6 Å². The lowest BCUT2D eigenvalue weighted by atomic mass is 10.1. The molecule has 2 aromatic rings. The minimum Gasteiger partial charge on any atom is -0.463 e. The topological polar surface area (TPSA) is 101 Å². The summed E-state index contributed by atoms with van der Waals surface area (Å²) in [5, 5.41) is 3.52. The molecule has 10 heteroatoms. The van der Waals surface area contributed by atoms with E-state index in [2.05, 4.69) is 26.2 Å². The van der Waals surface area contributed by atoms with Crippen LogP contribution in [0.25, 0.3) is 11.4 Å². The summed E-state index contributed by atoms with van der Waals surface area (Å²) in [7, 11) is 1.24. The summed E-state index contributed by atoms with van der Waals surface area (Å²) in [6.07, 6.45) is 1.66. The molecule has 0 amide bonds. The zero-order valence-electron chi connectivity index (χ0n) is 16.4. The van der Waals surface area contributed by atoms with Crippen molar-refractivity contribution in [2.75, 3.05) is 20.3 Å². The zero-order valence-corrected chi connectivity index (χ0v) is 16.4. The molecule has 0 aliphatic rings. The van der Waals surface area contributed by atoms with Crippen LogP contribution >= 0.6 is 0 Å². The molecule has 29 heavy (non-hydrogen) atoms. The van der Waals surface area contributed by atoms with E-state index in [1.165, 1.54) is 26.2 Å². The van der Waals surface area contributed by atoms with E-state index in [9.17, 15) is 18.4 Å². The molecule has 0 bridgehead atoms. The molecule has 0 radical (unpaired) electrons. The fourth-order valence-corrected chi connectivity index (χ4v) is 1.88. The van der Waals surface area contributed by atoms with Gasteiger partial charge in [-0.25, -0.2) is 18.4 Å². The number of halogens is 2. The number of methoxy groups -OCH3 is 1. The molecule has 0 aliphatic heterocycles. The van der Waals surface area contributed by atoms with Gasteiger partial charge in [0.2, 0.25) is 11.7 Å². The standard InChI is InChI=1S/C10H8F2N2O.C9H14O5/c1-5-3-4-7(9(12)8(5)11)10-13-6(2)15-14-10;1-3-8(10)13-6-4-5-7-14-9(11)12-2/h3-4H,1-2H3;3H,1,4-7H2,2H3. The molecule has 0 saturated carbocycles. The van der Waals surface area contributed by atoms with Crippen LogP contribution in [-0.4, -0.2) is 42.6 Å². The number of aromatic nitrogens is 2. The van der Waals surface area contributed by atoms with Crippen LogP contribution in [0.15, 0.2) is 29.3 Å². The minimum absolute atomic E-state index is 0.00921. The SMILES string of the molecule is C=CC(=O)OCCCCOC(=O)OC.Cc1nc(-c2ccc(C)c(F)c2F)no1. The number of benzene rings is 1. The van der Waals surface area contributed by atoms with Crippen molar-refractivity contribution in [1.82, 2.24) is 10.1 Å². The number of nitrogens with zero attached hydrogens (tertiary/aromatic N) is 2. The number of esters is 1. The van der Waals surface area contributed by atoms with Gasteiger partial charge >= 0.3 is 12.1 Å². The van der Waals surface area contributed by atoms with Crippen molar-refractivity contribution in [1.29, 1.82) is 0 Å². The zero-order chi connectivity index (χ0) is 21.8. The second kappa shape index (κ2) is 12.2. The highest BCUT2D eigenvalue weighted by Gasteiger charge is 2.16. The molecule has 1 aromatic carbocycles. The van der Waals surface area contributed by atoms with Crippen molar-refractivity contribution < 1.29 is 37.1 Å². The molecule has 1 aromatic heterocycles. The Labute approximate surface area is 166 Å². The number of rotatable bonds is 7. The molecule has 158 valence electrons. The van der Waals surface area contributed by atoms with Crippen molar-refractivity contribution in [3.63, 3.8) is 0 Å². The number of ether oxygens (including phenoxy) is 3. The summed E-state index contributed by atoms with van der Waals surface area (Å²) in [4.78, 5) is 24.8. The van der Waals surface area contributed by atoms with Gasteiger partial charge in [-0.2, -0.15) is 4.98 Å². The molecule has 2 rings (SSSR count). The third kappa shape index (κ3) is 8.08. The van der Waals surface area contributed by atoms with Gasteiger partial charge in [0.1, 0.15) is 0 Å². The number of carbonyl (C=O) groups is 2. The Morgan fingerprint density at radius 3 is 2.34 bits per heavy atom. The molecule has 0 atom stereocenters. The summed E-state index contributed by atoms with van der Waals surface area (Å²) in [6.45, 7) is 6.88. The molecule has 0 N–H and O–H groups in total. The first kappa shape index (κ1) is 23.7. The van der Waals surface area contributed by atoms with Gasteiger partial charge in [0.05, 0.1) is 25.9 Å². The van der Waals surface area contributed by atoms with Crippen molar-refractivity contribution in [3.8, 4) is 11.4 Å². The summed E-state index contributed by atoms with van der Waals surface area (Å²) in [6, 6.07) is 2.90. The Bertz CT molecular complexity index is 838. The monoisotopic (exact) mass is 412 g/mol. The summed E-state index contributed by atoms with van der Waals surface area (Å²) in [5.41, 5.74) is 0.256. The van der Waals surface area contributed by atoms with Gasteiger partial charge in [0.15, 0.2) is 11.6 Å². The Morgan fingerprint density at radius 2 is 1.79 bits per heavy atom. The largest absolute Gasteiger partial charge is 0.507 e. The fourth-order valence-electron chi connectivity index (χ4n) is 1.88. The van der Waals surface area contributed by atoms with Gasteiger partial charge < -0.3 is 18.7 Å². The minimum atomic E-state index is -0.948. The second-order valence-electron chi connectivity index (χ2n) is 5.58. The van der Waals surface area contributed by atoms with Gasteiger partial charge in [0, 0.05) is 13.0 Å². The van der Waals surface area contributed by atoms with E-state index in [1.54, 1.807) is 6.92 Å². The van der Waals surface area contributed by atoms with E-state index in [4.69, 9.17) is 9.26 Å². The molecular formula is C19H22F2N2O6. The van der Waals surface area contributed by atoms with Crippen LogP contribution in [-0.2, 0) is 19.0 Å². The number of hydrogen-bond donors (Lipinski definition) is 0. The van der Waals surface area contributed by atoms with Crippen molar-refractivity contribution in [2.45, 2.75) is 26.7 Å². The first-order chi connectivity index (χ1) is 13.8. The molecule has 0 spiro atoms. The number of carbonyl (C=O) groups excluding carboxylic acids is 2. The maximum absolute atomic E-state index is 13.5. The van der Waals surface area contributed by atoms with Crippen LogP contribution in [0.3, 0.4) is 0 Å². The highest BCUT2D eigenvalue weighted by molar-refractivity contribution is 5.81. The van der Waals surface area contributed by atoms with E-state index in [0.717, 1.165) is 6.08 Å². The number of hydrogen-bond acceptors (Lipinski definition) is 8. The first-order valence-electron chi connectivity index (χ1n) is 8.55. The normalized spacial score (nSPS) is 9.83. The Hall–Kier alpha value is -3.30. The van der Waals surface area contributed by atoms with Gasteiger partial charge in [-0.05, 0) is 31.4 Å². The van der Waals surface area contributed by atoms with Crippen LogP contribution in [0.1, 0.15) is 24.3 Å². The van der Waals surface area contributed by atoms with E-state index >= 15 is 0 Å². The van der Waals surface area contributed by atoms with Crippen molar-refractivity contribution in [3.05, 3.63) is 47.9 Å². The third-order valence-electron chi connectivity index (χ3n) is 3.38. The van der Waals surface area contributed by atoms with E-state index in [1.807, 2.05) is 0 Å².